The average molecular weight is 293 g/mol. The van der Waals surface area contributed by atoms with Gasteiger partial charge < -0.3 is 5.10 Å². The Balaban J connectivity index is 1.85. The number of hydrogen-bond donors (Lipinski definition) is 1. The van der Waals surface area contributed by atoms with Gasteiger partial charge in [0, 0.05) is 16.6 Å². The van der Waals surface area contributed by atoms with Crippen molar-refractivity contribution in [2.45, 2.75) is 38.1 Å². The summed E-state index contributed by atoms with van der Waals surface area (Å²) in [5.41, 5.74) is 2.38. The van der Waals surface area contributed by atoms with Gasteiger partial charge in [-0.05, 0) is 30.5 Å². The summed E-state index contributed by atoms with van der Waals surface area (Å²) < 4.78 is 2.88. The van der Waals surface area contributed by atoms with Crippen LogP contribution < -0.4 is 0 Å². The smallest absolute Gasteiger partial charge is 0.122 e. The van der Waals surface area contributed by atoms with Crippen molar-refractivity contribution in [2.75, 3.05) is 0 Å². The van der Waals surface area contributed by atoms with Crippen molar-refractivity contribution in [3.8, 4) is 0 Å². The van der Waals surface area contributed by atoms with Crippen LogP contribution in [-0.4, -0.2) is 9.78 Å². The Hall–Kier alpha value is -1.06. The van der Waals surface area contributed by atoms with Crippen LogP contribution in [0.2, 0.25) is 5.02 Å². The van der Waals surface area contributed by atoms with Gasteiger partial charge in [-0.25, -0.2) is 0 Å². The first kappa shape index (κ1) is 12.9. The van der Waals surface area contributed by atoms with Crippen LogP contribution in [0.3, 0.4) is 0 Å². The van der Waals surface area contributed by atoms with E-state index in [1.807, 2.05) is 28.9 Å². The van der Waals surface area contributed by atoms with Crippen molar-refractivity contribution in [1.82, 2.24) is 9.78 Å². The summed E-state index contributed by atoms with van der Waals surface area (Å²) in [6.07, 6.45) is 5.23. The predicted octanol–water partition coefficient (Wildman–Crippen LogP) is 4.90. The summed E-state index contributed by atoms with van der Waals surface area (Å²) in [6.45, 7) is 0.714. The Morgan fingerprint density at radius 1 is 1.26 bits per heavy atom. The second kappa shape index (κ2) is 5.51. The van der Waals surface area contributed by atoms with Crippen LogP contribution in [0, 0.1) is 4.64 Å². The first-order valence-corrected chi connectivity index (χ1v) is 7.56. The van der Waals surface area contributed by atoms with Gasteiger partial charge in [-0.2, -0.15) is 0 Å². The third-order valence-corrected chi connectivity index (χ3v) is 4.60. The maximum absolute atomic E-state index is 6.20. The minimum Gasteiger partial charge on any atom is -0.301 e. The Morgan fingerprint density at radius 3 is 2.74 bits per heavy atom. The number of aromatic amines is 1. The van der Waals surface area contributed by atoms with Gasteiger partial charge in [-0.1, -0.05) is 54.9 Å². The normalized spacial score (nSPS) is 16.1. The maximum Gasteiger partial charge on any atom is 0.122 e. The van der Waals surface area contributed by atoms with Gasteiger partial charge in [0.05, 0.1) is 6.54 Å². The maximum atomic E-state index is 6.20. The zero-order chi connectivity index (χ0) is 13.2. The second-order valence-electron chi connectivity index (χ2n) is 5.21. The molecule has 1 aromatic carbocycles. The van der Waals surface area contributed by atoms with E-state index in [2.05, 4.69) is 11.2 Å². The summed E-state index contributed by atoms with van der Waals surface area (Å²) >= 11 is 11.6. The van der Waals surface area contributed by atoms with E-state index >= 15 is 0 Å². The molecule has 0 atom stereocenters. The molecule has 3 rings (SSSR count). The van der Waals surface area contributed by atoms with Crippen LogP contribution >= 0.6 is 23.8 Å². The largest absolute Gasteiger partial charge is 0.301 e. The fourth-order valence-corrected chi connectivity index (χ4v) is 3.25. The fraction of sp³-hybridized carbons (Fsp3) is 0.400. The van der Waals surface area contributed by atoms with Crippen LogP contribution in [0.25, 0.3) is 0 Å². The highest BCUT2D eigenvalue weighted by molar-refractivity contribution is 7.71. The standard InChI is InChI=1S/C15H17ClN2S/c16-13-8-4-3-7-12(13)10-18-15(19)9-14(17-18)11-5-1-2-6-11/h3-4,7-9,11,17H,1-2,5-6,10H2. The molecule has 1 saturated carbocycles. The van der Waals surface area contributed by atoms with Crippen molar-refractivity contribution in [1.29, 1.82) is 0 Å². The summed E-state index contributed by atoms with van der Waals surface area (Å²) in [4.78, 5) is 0. The lowest BCUT2D eigenvalue weighted by molar-refractivity contribution is 0.625. The van der Waals surface area contributed by atoms with E-state index < -0.39 is 0 Å². The average Bonchev–Trinajstić information content (AvgIpc) is 3.02. The van der Waals surface area contributed by atoms with E-state index in [1.54, 1.807) is 0 Å². The molecule has 19 heavy (non-hydrogen) atoms. The van der Waals surface area contributed by atoms with Crippen LogP contribution in [0.15, 0.2) is 30.3 Å². The zero-order valence-corrected chi connectivity index (χ0v) is 12.3. The fourth-order valence-electron chi connectivity index (χ4n) is 2.81. The molecule has 0 spiro atoms. The number of hydrogen-bond acceptors (Lipinski definition) is 1. The molecule has 2 aromatic rings. The van der Waals surface area contributed by atoms with E-state index in [1.165, 1.54) is 31.4 Å². The minimum absolute atomic E-state index is 0.661. The first-order chi connectivity index (χ1) is 9.24. The van der Waals surface area contributed by atoms with E-state index in [-0.39, 0.29) is 0 Å². The van der Waals surface area contributed by atoms with Crippen LogP contribution in [0.4, 0.5) is 0 Å². The molecule has 2 nitrogen and oxygen atoms in total. The Bertz CT molecular complexity index is 623. The SMILES string of the molecule is S=c1cc(C2CCCC2)[nH]n1Cc1ccccc1Cl. The molecule has 0 bridgehead atoms. The van der Waals surface area contributed by atoms with Crippen LogP contribution in [0.5, 0.6) is 0 Å². The lowest BCUT2D eigenvalue weighted by atomic mass is 10.1. The van der Waals surface area contributed by atoms with Crippen molar-refractivity contribution in [3.63, 3.8) is 0 Å². The predicted molar refractivity (Wildman–Crippen MR) is 81.4 cm³/mol. The molecule has 1 aromatic heterocycles. The molecule has 100 valence electrons. The number of nitrogens with zero attached hydrogens (tertiary/aromatic N) is 1. The van der Waals surface area contributed by atoms with Crippen LogP contribution in [-0.2, 0) is 6.54 Å². The molecule has 4 heteroatoms. The first-order valence-electron chi connectivity index (χ1n) is 6.77. The Labute approximate surface area is 123 Å². The van der Waals surface area contributed by atoms with Gasteiger partial charge in [0.25, 0.3) is 0 Å². The van der Waals surface area contributed by atoms with E-state index in [9.17, 15) is 0 Å². The summed E-state index contributed by atoms with van der Waals surface area (Å²) in [7, 11) is 0. The highest BCUT2D eigenvalue weighted by Crippen LogP contribution is 2.33. The van der Waals surface area contributed by atoms with Crippen molar-refractivity contribution in [2.24, 2.45) is 0 Å². The van der Waals surface area contributed by atoms with E-state index in [0.717, 1.165) is 15.2 Å². The number of aromatic nitrogens is 2. The lowest BCUT2D eigenvalue weighted by Gasteiger charge is -2.08. The molecule has 0 aliphatic heterocycles. The number of halogens is 1. The Morgan fingerprint density at radius 2 is 2.00 bits per heavy atom. The van der Waals surface area contributed by atoms with Crippen molar-refractivity contribution >= 4 is 23.8 Å². The quantitative estimate of drug-likeness (QED) is 0.798. The molecule has 1 aliphatic carbocycles. The zero-order valence-electron chi connectivity index (χ0n) is 10.7. The lowest BCUT2D eigenvalue weighted by Crippen LogP contribution is -2.04. The van der Waals surface area contributed by atoms with Gasteiger partial charge in [0.15, 0.2) is 0 Å². The number of H-pyrrole nitrogens is 1. The molecular formula is C15H17ClN2S. The van der Waals surface area contributed by atoms with Gasteiger partial charge in [0.2, 0.25) is 0 Å². The summed E-state index contributed by atoms with van der Waals surface area (Å²) in [5.74, 6) is 0.661. The highest BCUT2D eigenvalue weighted by atomic mass is 35.5. The second-order valence-corrected chi connectivity index (χ2v) is 6.03. The molecule has 0 unspecified atom stereocenters. The molecule has 0 saturated heterocycles. The van der Waals surface area contributed by atoms with Gasteiger partial charge in [-0.15, -0.1) is 0 Å². The third kappa shape index (κ3) is 2.77. The number of benzene rings is 1. The molecule has 0 radical (unpaired) electrons. The molecule has 1 heterocycles. The molecule has 1 aliphatic rings. The molecule has 1 fully saturated rings. The third-order valence-electron chi connectivity index (χ3n) is 3.89. The van der Waals surface area contributed by atoms with Crippen molar-refractivity contribution in [3.05, 3.63) is 51.3 Å². The Kier molecular flexibility index (Phi) is 3.76. The molecule has 1 N–H and O–H groups in total. The topological polar surface area (TPSA) is 20.7 Å². The van der Waals surface area contributed by atoms with E-state index in [4.69, 9.17) is 23.8 Å². The monoisotopic (exact) mass is 292 g/mol. The van der Waals surface area contributed by atoms with Gasteiger partial charge in [0.1, 0.15) is 4.64 Å². The van der Waals surface area contributed by atoms with Crippen molar-refractivity contribution < 1.29 is 0 Å². The van der Waals surface area contributed by atoms with Crippen LogP contribution in [0.1, 0.15) is 42.9 Å². The van der Waals surface area contributed by atoms with Gasteiger partial charge >= 0.3 is 0 Å². The molecular weight excluding hydrogens is 276 g/mol. The number of rotatable bonds is 3. The summed E-state index contributed by atoms with van der Waals surface area (Å²) in [6, 6.07) is 10.0. The van der Waals surface area contributed by atoms with Gasteiger partial charge in [-0.3, -0.25) is 4.68 Å². The minimum atomic E-state index is 0.661. The highest BCUT2D eigenvalue weighted by Gasteiger charge is 2.19. The number of nitrogens with one attached hydrogen (secondary N) is 1. The molecule has 0 amide bonds. The summed E-state index contributed by atoms with van der Waals surface area (Å²) in [5, 5.41) is 4.25. The van der Waals surface area contributed by atoms with E-state index in [0.29, 0.717) is 12.5 Å².